The van der Waals surface area contributed by atoms with Crippen LogP contribution >= 0.6 is 0 Å². The Kier molecular flexibility index (Phi) is 15.4. The molecular weight excluding hydrogens is 488 g/mol. The maximum Gasteiger partial charge on any atom is 0.407 e. The maximum atomic E-state index is 13.0. The average Bonchev–Trinajstić information content (AvgIpc) is 2.85. The highest BCUT2D eigenvalue weighted by atomic mass is 16.5. The topological polar surface area (TPSA) is 143 Å². The van der Waals surface area contributed by atoms with Crippen LogP contribution in [0.15, 0.2) is 30.3 Å². The van der Waals surface area contributed by atoms with Crippen LogP contribution in [-0.2, 0) is 30.5 Å². The second-order valence-corrected chi connectivity index (χ2v) is 10.3. The van der Waals surface area contributed by atoms with Crippen LogP contribution in [0.25, 0.3) is 0 Å². The molecule has 0 heterocycles. The van der Waals surface area contributed by atoms with E-state index < -0.39 is 36.0 Å². The van der Waals surface area contributed by atoms with Crippen LogP contribution in [0.5, 0.6) is 0 Å². The highest BCUT2D eigenvalue weighted by molar-refractivity contribution is 5.92. The van der Waals surface area contributed by atoms with Gasteiger partial charge in [0.1, 0.15) is 25.0 Å². The number of hydrogen-bond donors (Lipinski definition) is 4. The van der Waals surface area contributed by atoms with Gasteiger partial charge in [-0.25, -0.2) is 4.79 Å². The van der Waals surface area contributed by atoms with Gasteiger partial charge in [0.2, 0.25) is 17.7 Å². The van der Waals surface area contributed by atoms with Crippen LogP contribution in [0.3, 0.4) is 0 Å². The Morgan fingerprint density at radius 2 is 1.42 bits per heavy atom. The minimum atomic E-state index is -0.838. The fourth-order valence-electron chi connectivity index (χ4n) is 3.83. The summed E-state index contributed by atoms with van der Waals surface area (Å²) in [5.41, 5.74) is 0.893. The number of alkyl carbamates (subject to hydrolysis) is 1. The molecule has 0 aliphatic heterocycles. The fraction of sp³-hybridized carbons (Fsp3) is 0.607. The monoisotopic (exact) mass is 532 g/mol. The van der Waals surface area contributed by atoms with E-state index in [9.17, 15) is 24.0 Å². The molecule has 0 saturated heterocycles. The first-order valence-corrected chi connectivity index (χ1v) is 13.3. The highest BCUT2D eigenvalue weighted by Crippen LogP contribution is 2.10. The molecule has 3 atom stereocenters. The van der Waals surface area contributed by atoms with Gasteiger partial charge in [-0.15, -0.1) is 0 Å². The quantitative estimate of drug-likeness (QED) is 0.179. The van der Waals surface area contributed by atoms with E-state index in [1.807, 2.05) is 58.0 Å². The summed E-state index contributed by atoms with van der Waals surface area (Å²) >= 11 is 0. The zero-order valence-corrected chi connectivity index (χ0v) is 23.3. The number of hydrogen-bond acceptors (Lipinski definition) is 6. The van der Waals surface area contributed by atoms with Crippen molar-refractivity contribution >= 4 is 30.1 Å². The molecule has 1 aromatic carbocycles. The number of unbranched alkanes of at least 4 members (excludes halogenated alkanes) is 1. The summed E-state index contributed by atoms with van der Waals surface area (Å²) in [4.78, 5) is 60.8. The number of carbonyl (C=O) groups is 5. The Bertz CT molecular complexity index is 891. The van der Waals surface area contributed by atoms with Gasteiger partial charge in [-0.2, -0.15) is 0 Å². The normalized spacial score (nSPS) is 13.2. The summed E-state index contributed by atoms with van der Waals surface area (Å²) < 4.78 is 5.16. The van der Waals surface area contributed by atoms with Crippen LogP contribution < -0.4 is 21.3 Å². The van der Waals surface area contributed by atoms with Gasteiger partial charge in [-0.3, -0.25) is 14.4 Å². The largest absolute Gasteiger partial charge is 0.445 e. The maximum absolute atomic E-state index is 13.0. The van der Waals surface area contributed by atoms with Gasteiger partial charge in [0, 0.05) is 13.5 Å². The van der Waals surface area contributed by atoms with Crippen LogP contribution in [-0.4, -0.2) is 54.8 Å². The molecule has 0 saturated carbocycles. The Morgan fingerprint density at radius 1 is 0.842 bits per heavy atom. The number of carbonyl (C=O) groups excluding carboxylic acids is 5. The Hall–Kier alpha value is -3.43. The number of amides is 4. The second-order valence-electron chi connectivity index (χ2n) is 10.3. The third-order valence-corrected chi connectivity index (χ3v) is 5.66. The number of benzene rings is 1. The van der Waals surface area contributed by atoms with E-state index in [1.54, 1.807) is 0 Å². The summed E-state index contributed by atoms with van der Waals surface area (Å²) in [6, 6.07) is 7.05. The Labute approximate surface area is 226 Å². The minimum Gasteiger partial charge on any atom is -0.445 e. The summed E-state index contributed by atoms with van der Waals surface area (Å²) in [7, 11) is 0. The van der Waals surface area contributed by atoms with Gasteiger partial charge in [-0.05, 0) is 49.5 Å². The van der Waals surface area contributed by atoms with E-state index in [2.05, 4.69) is 21.3 Å². The molecule has 10 heteroatoms. The molecule has 0 fully saturated rings. The van der Waals surface area contributed by atoms with E-state index in [4.69, 9.17) is 4.74 Å². The molecule has 1 aromatic rings. The second kappa shape index (κ2) is 17.9. The van der Waals surface area contributed by atoms with Crippen molar-refractivity contribution in [2.75, 3.05) is 6.54 Å². The lowest BCUT2D eigenvalue weighted by Gasteiger charge is -2.25. The standard InChI is InChI=1S/C28H44N4O6/c1-19(2)15-24(30-21(5)34)27(36)32-25(16-20(3)4)26(35)31-23(17-33)13-9-10-14-29-28(37)38-18-22-11-7-6-8-12-22/h6-8,11-12,17,19-20,23-25H,9-10,13-16,18H2,1-5H3,(H,29,37)(H,30,34)(H,31,35)(H,32,36)/t23-,24-,25-/m0/s1. The van der Waals surface area contributed by atoms with Gasteiger partial charge < -0.3 is 30.8 Å². The Morgan fingerprint density at radius 3 is 1.97 bits per heavy atom. The van der Waals surface area contributed by atoms with Crippen molar-refractivity contribution in [2.45, 2.75) is 91.5 Å². The van der Waals surface area contributed by atoms with Crippen molar-refractivity contribution in [1.82, 2.24) is 21.3 Å². The first-order chi connectivity index (χ1) is 18.0. The molecule has 212 valence electrons. The lowest BCUT2D eigenvalue weighted by molar-refractivity contribution is -0.133. The smallest absolute Gasteiger partial charge is 0.407 e. The third kappa shape index (κ3) is 14.3. The Balaban J connectivity index is 2.52. The summed E-state index contributed by atoms with van der Waals surface area (Å²) in [6.07, 6.45) is 2.55. The molecule has 10 nitrogen and oxygen atoms in total. The van der Waals surface area contributed by atoms with Crippen molar-refractivity contribution in [2.24, 2.45) is 11.8 Å². The zero-order valence-electron chi connectivity index (χ0n) is 23.3. The molecule has 0 aliphatic rings. The lowest BCUT2D eigenvalue weighted by atomic mass is 9.99. The van der Waals surface area contributed by atoms with E-state index in [1.165, 1.54) is 6.92 Å². The van der Waals surface area contributed by atoms with Gasteiger partial charge >= 0.3 is 6.09 Å². The van der Waals surface area contributed by atoms with Crippen LogP contribution in [0.4, 0.5) is 4.79 Å². The molecular formula is C28H44N4O6. The van der Waals surface area contributed by atoms with Crippen LogP contribution in [0.1, 0.15) is 72.3 Å². The van der Waals surface area contributed by atoms with Crippen LogP contribution in [0.2, 0.25) is 0 Å². The molecule has 38 heavy (non-hydrogen) atoms. The van der Waals surface area contributed by atoms with Gasteiger partial charge in [-0.1, -0.05) is 58.0 Å². The SMILES string of the molecule is CC(=O)N[C@@H](CC(C)C)C(=O)N[C@@H](CC(C)C)C(=O)N[C@H](C=O)CCCCNC(=O)OCc1ccccc1. The molecule has 0 bridgehead atoms. The fourth-order valence-corrected chi connectivity index (χ4v) is 3.83. The van der Waals surface area contributed by atoms with Crippen molar-refractivity contribution in [3.8, 4) is 0 Å². The number of ether oxygens (including phenoxy) is 1. The van der Waals surface area contributed by atoms with Crippen molar-refractivity contribution in [3.05, 3.63) is 35.9 Å². The molecule has 4 amide bonds. The van der Waals surface area contributed by atoms with Gasteiger partial charge in [0.15, 0.2) is 0 Å². The van der Waals surface area contributed by atoms with Gasteiger partial charge in [0.25, 0.3) is 0 Å². The predicted octanol–water partition coefficient (Wildman–Crippen LogP) is 2.85. The van der Waals surface area contributed by atoms with Gasteiger partial charge in [0.05, 0.1) is 6.04 Å². The molecule has 0 radical (unpaired) electrons. The number of aldehydes is 1. The minimum absolute atomic E-state index is 0.109. The third-order valence-electron chi connectivity index (χ3n) is 5.66. The van der Waals surface area contributed by atoms with E-state index in [0.717, 1.165) is 5.56 Å². The van der Waals surface area contributed by atoms with E-state index in [-0.39, 0.29) is 24.3 Å². The van der Waals surface area contributed by atoms with Crippen LogP contribution in [0, 0.1) is 11.8 Å². The number of rotatable bonds is 17. The molecule has 0 spiro atoms. The molecule has 0 aliphatic carbocycles. The zero-order chi connectivity index (χ0) is 28.5. The predicted molar refractivity (Wildman–Crippen MR) is 145 cm³/mol. The molecule has 1 rings (SSSR count). The van der Waals surface area contributed by atoms with Crippen molar-refractivity contribution in [3.63, 3.8) is 0 Å². The lowest BCUT2D eigenvalue weighted by Crippen LogP contribution is -2.55. The summed E-state index contributed by atoms with van der Waals surface area (Å²) in [5, 5.41) is 10.8. The summed E-state index contributed by atoms with van der Waals surface area (Å²) in [5.74, 6) is -0.927. The van der Waals surface area contributed by atoms with Crippen molar-refractivity contribution in [1.29, 1.82) is 0 Å². The van der Waals surface area contributed by atoms with E-state index in [0.29, 0.717) is 44.9 Å². The number of nitrogens with one attached hydrogen (secondary N) is 4. The first kappa shape index (κ1) is 32.6. The summed E-state index contributed by atoms with van der Waals surface area (Å²) in [6.45, 7) is 9.65. The highest BCUT2D eigenvalue weighted by Gasteiger charge is 2.28. The molecule has 4 N–H and O–H groups in total. The average molecular weight is 533 g/mol. The molecule has 0 unspecified atom stereocenters. The molecule has 0 aromatic heterocycles. The van der Waals surface area contributed by atoms with E-state index >= 15 is 0 Å². The van der Waals surface area contributed by atoms with Crippen molar-refractivity contribution < 1.29 is 28.7 Å². The first-order valence-electron chi connectivity index (χ1n) is 13.3.